The number of anilines is 2. The minimum Gasteiger partial charge on any atom is -0.299 e. The Morgan fingerprint density at radius 2 is 1.73 bits per heavy atom. The van der Waals surface area contributed by atoms with Gasteiger partial charge < -0.3 is 0 Å². The number of sulfonamides is 1. The van der Waals surface area contributed by atoms with Gasteiger partial charge in [0.2, 0.25) is 11.0 Å². The molecular formula is C23H19ClN4O3S2. The molecule has 168 valence electrons. The maximum atomic E-state index is 13.4. The van der Waals surface area contributed by atoms with Crippen molar-refractivity contribution in [1.29, 1.82) is 0 Å². The SMILES string of the molecule is Cc1cccc(N(CC(=O)Nc2nnc(-c3ccc(Cl)cc3)s2)S(=O)(=O)c2ccccc2)c1. The first kappa shape index (κ1) is 22.9. The van der Waals surface area contributed by atoms with E-state index in [2.05, 4.69) is 15.5 Å². The van der Waals surface area contributed by atoms with Crippen LogP contribution in [0.2, 0.25) is 5.02 Å². The van der Waals surface area contributed by atoms with Gasteiger partial charge in [-0.25, -0.2) is 8.42 Å². The molecule has 4 rings (SSSR count). The van der Waals surface area contributed by atoms with E-state index in [0.717, 1.165) is 15.4 Å². The fraction of sp³-hybridized carbons (Fsp3) is 0.0870. The lowest BCUT2D eigenvalue weighted by Crippen LogP contribution is -2.38. The van der Waals surface area contributed by atoms with Gasteiger partial charge in [-0.15, -0.1) is 10.2 Å². The number of nitrogens with zero attached hydrogens (tertiary/aromatic N) is 3. The van der Waals surface area contributed by atoms with Crippen molar-refractivity contribution in [2.45, 2.75) is 11.8 Å². The Hall–Kier alpha value is -3.27. The lowest BCUT2D eigenvalue weighted by Gasteiger charge is -2.24. The fourth-order valence-electron chi connectivity index (χ4n) is 3.09. The molecule has 0 bridgehead atoms. The first-order valence-electron chi connectivity index (χ1n) is 9.87. The summed E-state index contributed by atoms with van der Waals surface area (Å²) < 4.78 is 27.8. The topological polar surface area (TPSA) is 92.3 Å². The molecule has 0 atom stereocenters. The first-order valence-corrected chi connectivity index (χ1v) is 12.5. The van der Waals surface area contributed by atoms with E-state index in [4.69, 9.17) is 11.6 Å². The zero-order chi connectivity index (χ0) is 23.4. The molecule has 0 aliphatic carbocycles. The van der Waals surface area contributed by atoms with Crippen molar-refractivity contribution in [3.8, 4) is 10.6 Å². The summed E-state index contributed by atoms with van der Waals surface area (Å²) in [6.45, 7) is 1.44. The van der Waals surface area contributed by atoms with E-state index in [0.29, 0.717) is 15.7 Å². The number of aromatic nitrogens is 2. The van der Waals surface area contributed by atoms with E-state index in [9.17, 15) is 13.2 Å². The van der Waals surface area contributed by atoms with Crippen molar-refractivity contribution < 1.29 is 13.2 Å². The lowest BCUT2D eigenvalue weighted by atomic mass is 10.2. The monoisotopic (exact) mass is 498 g/mol. The van der Waals surface area contributed by atoms with E-state index >= 15 is 0 Å². The minimum absolute atomic E-state index is 0.0975. The molecule has 0 saturated heterocycles. The average molecular weight is 499 g/mol. The van der Waals surface area contributed by atoms with Gasteiger partial charge in [0.05, 0.1) is 10.6 Å². The Bertz CT molecular complexity index is 1370. The van der Waals surface area contributed by atoms with Gasteiger partial charge in [0.25, 0.3) is 10.0 Å². The van der Waals surface area contributed by atoms with Crippen LogP contribution in [0.25, 0.3) is 10.6 Å². The summed E-state index contributed by atoms with van der Waals surface area (Å²) in [5.74, 6) is -0.533. The van der Waals surface area contributed by atoms with E-state index in [1.807, 2.05) is 13.0 Å². The highest BCUT2D eigenvalue weighted by atomic mass is 35.5. The molecule has 33 heavy (non-hydrogen) atoms. The van der Waals surface area contributed by atoms with Crippen molar-refractivity contribution >= 4 is 49.7 Å². The summed E-state index contributed by atoms with van der Waals surface area (Å²) in [6.07, 6.45) is 0. The third-order valence-corrected chi connectivity index (χ3v) is 7.60. The highest BCUT2D eigenvalue weighted by Crippen LogP contribution is 2.28. The molecule has 7 nitrogen and oxygen atoms in total. The molecule has 10 heteroatoms. The second kappa shape index (κ2) is 9.70. The molecule has 1 aromatic heterocycles. The molecule has 0 saturated carbocycles. The van der Waals surface area contributed by atoms with Crippen LogP contribution in [-0.2, 0) is 14.8 Å². The van der Waals surface area contributed by atoms with Crippen molar-refractivity contribution in [1.82, 2.24) is 10.2 Å². The Balaban J connectivity index is 1.58. The van der Waals surface area contributed by atoms with Gasteiger partial charge in [0.15, 0.2) is 0 Å². The summed E-state index contributed by atoms with van der Waals surface area (Å²) in [4.78, 5) is 13.0. The number of rotatable bonds is 7. The molecule has 0 aliphatic heterocycles. The van der Waals surface area contributed by atoms with Crippen molar-refractivity contribution in [3.63, 3.8) is 0 Å². The predicted molar refractivity (Wildman–Crippen MR) is 131 cm³/mol. The number of benzene rings is 3. The first-order chi connectivity index (χ1) is 15.8. The maximum Gasteiger partial charge on any atom is 0.264 e. The average Bonchev–Trinajstić information content (AvgIpc) is 3.26. The van der Waals surface area contributed by atoms with E-state index in [-0.39, 0.29) is 10.0 Å². The van der Waals surface area contributed by atoms with E-state index in [1.54, 1.807) is 60.7 Å². The number of carbonyl (C=O) groups excluding carboxylic acids is 1. The largest absolute Gasteiger partial charge is 0.299 e. The summed E-state index contributed by atoms with van der Waals surface area (Å²) in [5, 5.41) is 12.2. The van der Waals surface area contributed by atoms with Crippen LogP contribution in [-0.4, -0.2) is 31.1 Å². The Morgan fingerprint density at radius 1 is 1.00 bits per heavy atom. The molecule has 0 aliphatic rings. The summed E-state index contributed by atoms with van der Waals surface area (Å²) >= 11 is 7.10. The molecule has 1 N–H and O–H groups in total. The van der Waals surface area contributed by atoms with Crippen LogP contribution in [0.1, 0.15) is 5.56 Å². The van der Waals surface area contributed by atoms with Gasteiger partial charge >= 0.3 is 0 Å². The fourth-order valence-corrected chi connectivity index (χ4v) is 5.42. The van der Waals surface area contributed by atoms with Crippen LogP contribution >= 0.6 is 22.9 Å². The van der Waals surface area contributed by atoms with Crippen LogP contribution < -0.4 is 9.62 Å². The van der Waals surface area contributed by atoms with Gasteiger partial charge in [0.1, 0.15) is 11.6 Å². The molecule has 0 radical (unpaired) electrons. The number of hydrogen-bond acceptors (Lipinski definition) is 6. The van der Waals surface area contributed by atoms with E-state index in [1.165, 1.54) is 23.5 Å². The highest BCUT2D eigenvalue weighted by Gasteiger charge is 2.27. The Labute approximate surface area is 200 Å². The van der Waals surface area contributed by atoms with Gasteiger partial charge in [0, 0.05) is 10.6 Å². The third kappa shape index (κ3) is 5.39. The smallest absolute Gasteiger partial charge is 0.264 e. The highest BCUT2D eigenvalue weighted by molar-refractivity contribution is 7.92. The van der Waals surface area contributed by atoms with Crippen molar-refractivity contribution in [3.05, 3.63) is 89.4 Å². The minimum atomic E-state index is -3.97. The molecule has 0 fully saturated rings. The maximum absolute atomic E-state index is 13.4. The number of aryl methyl sites for hydroxylation is 1. The molecule has 0 spiro atoms. The van der Waals surface area contributed by atoms with Gasteiger partial charge in [-0.1, -0.05) is 65.4 Å². The van der Waals surface area contributed by atoms with Crippen LogP contribution in [0.15, 0.2) is 83.8 Å². The molecule has 0 unspecified atom stereocenters. The second-order valence-corrected chi connectivity index (χ2v) is 10.4. The zero-order valence-electron chi connectivity index (χ0n) is 17.5. The number of carbonyl (C=O) groups is 1. The number of nitrogens with one attached hydrogen (secondary N) is 1. The number of amides is 1. The van der Waals surface area contributed by atoms with Gasteiger partial charge in [-0.2, -0.15) is 0 Å². The van der Waals surface area contributed by atoms with Crippen LogP contribution in [0.3, 0.4) is 0 Å². The molecule has 3 aromatic carbocycles. The Morgan fingerprint density at radius 3 is 2.42 bits per heavy atom. The zero-order valence-corrected chi connectivity index (χ0v) is 19.9. The van der Waals surface area contributed by atoms with Crippen molar-refractivity contribution in [2.24, 2.45) is 0 Å². The predicted octanol–water partition coefficient (Wildman–Crippen LogP) is 5.00. The normalized spacial score (nSPS) is 11.2. The number of halogens is 1. The Kier molecular flexibility index (Phi) is 6.73. The summed E-state index contributed by atoms with van der Waals surface area (Å²) in [7, 11) is -3.97. The molecule has 1 amide bonds. The quantitative estimate of drug-likeness (QED) is 0.387. The number of hydrogen-bond donors (Lipinski definition) is 1. The standard InChI is InChI=1S/C23H19ClN4O3S2/c1-16-6-5-7-19(14-16)28(33(30,31)20-8-3-2-4-9-20)15-21(29)25-23-27-26-22(32-23)17-10-12-18(24)13-11-17/h2-14H,15H2,1H3,(H,25,27,29). The van der Waals surface area contributed by atoms with Crippen molar-refractivity contribution in [2.75, 3.05) is 16.2 Å². The lowest BCUT2D eigenvalue weighted by molar-refractivity contribution is -0.114. The third-order valence-electron chi connectivity index (χ3n) is 4.67. The van der Waals surface area contributed by atoms with E-state index < -0.39 is 22.5 Å². The van der Waals surface area contributed by atoms with Crippen LogP contribution in [0, 0.1) is 6.92 Å². The summed E-state index contributed by atoms with van der Waals surface area (Å²) in [5.41, 5.74) is 2.08. The molecule has 1 heterocycles. The second-order valence-electron chi connectivity index (χ2n) is 7.13. The molecular weight excluding hydrogens is 480 g/mol. The summed E-state index contributed by atoms with van der Waals surface area (Å²) in [6, 6.07) is 22.1. The van der Waals surface area contributed by atoms with Gasteiger partial charge in [-0.05, 0) is 48.9 Å². The van der Waals surface area contributed by atoms with Crippen LogP contribution in [0.5, 0.6) is 0 Å². The van der Waals surface area contributed by atoms with Crippen LogP contribution in [0.4, 0.5) is 10.8 Å². The molecule has 4 aromatic rings. The van der Waals surface area contributed by atoms with Gasteiger partial charge in [-0.3, -0.25) is 14.4 Å².